The zero-order valence-corrected chi connectivity index (χ0v) is 13.7. The van der Waals surface area contributed by atoms with Crippen LogP contribution in [0.15, 0.2) is 53.4 Å². The standard InChI is InChI=1S/C17H15FN2O3S/c1-19-17(21)16-10-3-2-6-13(16)7-5-11-20-24(22,23)15-9-4-8-14(18)12-15/h2-4,6,8-10,12,20H,11H2,1H3,(H,19,21). The van der Waals surface area contributed by atoms with E-state index in [-0.39, 0.29) is 17.3 Å². The minimum absolute atomic E-state index is 0.166. The number of halogens is 1. The van der Waals surface area contributed by atoms with Crippen LogP contribution in [0.4, 0.5) is 4.39 Å². The summed E-state index contributed by atoms with van der Waals surface area (Å²) in [7, 11) is -2.33. The van der Waals surface area contributed by atoms with Gasteiger partial charge in [0.15, 0.2) is 0 Å². The molecule has 0 spiro atoms. The van der Waals surface area contributed by atoms with Crippen LogP contribution >= 0.6 is 0 Å². The average Bonchev–Trinajstić information content (AvgIpc) is 2.58. The maximum atomic E-state index is 13.1. The van der Waals surface area contributed by atoms with E-state index in [1.807, 2.05) is 0 Å². The summed E-state index contributed by atoms with van der Waals surface area (Å²) in [5.41, 5.74) is 0.891. The van der Waals surface area contributed by atoms with Gasteiger partial charge in [-0.3, -0.25) is 4.79 Å². The smallest absolute Gasteiger partial charge is 0.252 e. The topological polar surface area (TPSA) is 75.3 Å². The molecule has 2 aromatic rings. The van der Waals surface area contributed by atoms with Crippen LogP contribution in [0, 0.1) is 17.7 Å². The van der Waals surface area contributed by atoms with E-state index < -0.39 is 15.8 Å². The highest BCUT2D eigenvalue weighted by molar-refractivity contribution is 7.89. The van der Waals surface area contributed by atoms with Gasteiger partial charge in [-0.1, -0.05) is 30.0 Å². The van der Waals surface area contributed by atoms with Crippen LogP contribution in [0.5, 0.6) is 0 Å². The molecule has 5 nitrogen and oxygen atoms in total. The van der Waals surface area contributed by atoms with Gasteiger partial charge in [0.2, 0.25) is 10.0 Å². The summed E-state index contributed by atoms with van der Waals surface area (Å²) in [6.45, 7) is -0.166. The van der Waals surface area contributed by atoms with Crippen molar-refractivity contribution in [3.05, 3.63) is 65.5 Å². The number of hydrogen-bond acceptors (Lipinski definition) is 3. The molecule has 0 aliphatic rings. The molecule has 1 amide bonds. The lowest BCUT2D eigenvalue weighted by Crippen LogP contribution is -2.24. The van der Waals surface area contributed by atoms with E-state index in [0.717, 1.165) is 12.1 Å². The third kappa shape index (κ3) is 4.41. The van der Waals surface area contributed by atoms with E-state index in [0.29, 0.717) is 11.1 Å². The fourth-order valence-corrected chi connectivity index (χ4v) is 2.87. The maximum absolute atomic E-state index is 13.1. The van der Waals surface area contributed by atoms with Crippen molar-refractivity contribution in [2.24, 2.45) is 0 Å². The highest BCUT2D eigenvalue weighted by Crippen LogP contribution is 2.10. The molecule has 0 aliphatic heterocycles. The Balaban J connectivity index is 2.11. The number of benzene rings is 2. The van der Waals surface area contributed by atoms with Crippen molar-refractivity contribution in [3.63, 3.8) is 0 Å². The zero-order chi connectivity index (χ0) is 17.6. The van der Waals surface area contributed by atoms with E-state index in [9.17, 15) is 17.6 Å². The molecular weight excluding hydrogens is 331 g/mol. The fraction of sp³-hybridized carbons (Fsp3) is 0.118. The molecule has 24 heavy (non-hydrogen) atoms. The molecule has 0 unspecified atom stereocenters. The Morgan fingerprint density at radius 1 is 1.17 bits per heavy atom. The average molecular weight is 346 g/mol. The van der Waals surface area contributed by atoms with Crippen LogP contribution in [0.3, 0.4) is 0 Å². The summed E-state index contributed by atoms with van der Waals surface area (Å²) in [4.78, 5) is 11.5. The number of rotatable bonds is 4. The largest absolute Gasteiger partial charge is 0.355 e. The molecule has 0 saturated carbocycles. The van der Waals surface area contributed by atoms with Gasteiger partial charge >= 0.3 is 0 Å². The van der Waals surface area contributed by atoms with E-state index in [2.05, 4.69) is 21.9 Å². The monoisotopic (exact) mass is 346 g/mol. The fourth-order valence-electron chi connectivity index (χ4n) is 1.91. The molecule has 0 saturated heterocycles. The van der Waals surface area contributed by atoms with Crippen molar-refractivity contribution in [3.8, 4) is 11.8 Å². The van der Waals surface area contributed by atoms with Gasteiger partial charge in [-0.15, -0.1) is 0 Å². The summed E-state index contributed by atoms with van der Waals surface area (Å²) in [6, 6.07) is 11.4. The van der Waals surface area contributed by atoms with Gasteiger partial charge in [-0.25, -0.2) is 12.8 Å². The Bertz CT molecular complexity index is 915. The maximum Gasteiger partial charge on any atom is 0.252 e. The van der Waals surface area contributed by atoms with E-state index in [4.69, 9.17) is 0 Å². The molecule has 2 N–H and O–H groups in total. The van der Waals surface area contributed by atoms with Crippen LogP contribution in [0.1, 0.15) is 15.9 Å². The third-order valence-electron chi connectivity index (χ3n) is 3.08. The first-order chi connectivity index (χ1) is 11.4. The van der Waals surface area contributed by atoms with Gasteiger partial charge in [-0.2, -0.15) is 4.72 Å². The summed E-state index contributed by atoms with van der Waals surface area (Å²) < 4.78 is 39.4. The van der Waals surface area contributed by atoms with Crippen LogP contribution in [-0.4, -0.2) is 27.9 Å². The highest BCUT2D eigenvalue weighted by Gasteiger charge is 2.13. The Morgan fingerprint density at radius 2 is 1.92 bits per heavy atom. The number of sulfonamides is 1. The van der Waals surface area contributed by atoms with Crippen molar-refractivity contribution in [2.75, 3.05) is 13.6 Å². The van der Waals surface area contributed by atoms with E-state index in [1.165, 1.54) is 19.2 Å². The summed E-state index contributed by atoms with van der Waals surface area (Å²) in [6.07, 6.45) is 0. The SMILES string of the molecule is CNC(=O)c1ccccc1C#CCNS(=O)(=O)c1cccc(F)c1. The zero-order valence-electron chi connectivity index (χ0n) is 12.8. The summed E-state index contributed by atoms with van der Waals surface area (Å²) in [5, 5.41) is 2.51. The molecule has 0 fully saturated rings. The van der Waals surface area contributed by atoms with Gasteiger partial charge in [0.05, 0.1) is 17.0 Å². The second-order valence-corrected chi connectivity index (χ2v) is 6.48. The number of nitrogens with one attached hydrogen (secondary N) is 2. The second kappa shape index (κ2) is 7.73. The predicted molar refractivity (Wildman–Crippen MR) is 88.3 cm³/mol. The first-order valence-electron chi connectivity index (χ1n) is 6.99. The van der Waals surface area contributed by atoms with Gasteiger partial charge in [0.25, 0.3) is 5.91 Å². The van der Waals surface area contributed by atoms with Crippen LogP contribution in [0.25, 0.3) is 0 Å². The Kier molecular flexibility index (Phi) is 5.68. The van der Waals surface area contributed by atoms with Gasteiger partial charge in [-0.05, 0) is 30.3 Å². The lowest BCUT2D eigenvalue weighted by Gasteiger charge is -2.04. The molecule has 2 aromatic carbocycles. The molecular formula is C17H15FN2O3S. The molecule has 0 bridgehead atoms. The van der Waals surface area contributed by atoms with Crippen LogP contribution < -0.4 is 10.0 Å². The molecule has 0 atom stereocenters. The lowest BCUT2D eigenvalue weighted by atomic mass is 10.1. The number of hydrogen-bond donors (Lipinski definition) is 2. The van der Waals surface area contributed by atoms with Crippen molar-refractivity contribution in [1.82, 2.24) is 10.0 Å². The molecule has 2 rings (SSSR count). The normalized spacial score (nSPS) is 10.6. The number of carbonyl (C=O) groups excluding carboxylic acids is 1. The van der Waals surface area contributed by atoms with Crippen LogP contribution in [0.2, 0.25) is 0 Å². The molecule has 7 heteroatoms. The minimum Gasteiger partial charge on any atom is -0.355 e. The van der Waals surface area contributed by atoms with E-state index in [1.54, 1.807) is 24.3 Å². The summed E-state index contributed by atoms with van der Waals surface area (Å²) >= 11 is 0. The Hall–Kier alpha value is -2.69. The van der Waals surface area contributed by atoms with E-state index >= 15 is 0 Å². The van der Waals surface area contributed by atoms with Crippen molar-refractivity contribution < 1.29 is 17.6 Å². The molecule has 0 aliphatic carbocycles. The van der Waals surface area contributed by atoms with Gasteiger partial charge < -0.3 is 5.32 Å². The van der Waals surface area contributed by atoms with Crippen molar-refractivity contribution >= 4 is 15.9 Å². The third-order valence-corrected chi connectivity index (χ3v) is 4.48. The first-order valence-corrected chi connectivity index (χ1v) is 8.47. The minimum atomic E-state index is -3.84. The first kappa shape index (κ1) is 17.7. The van der Waals surface area contributed by atoms with Crippen molar-refractivity contribution in [1.29, 1.82) is 0 Å². The van der Waals surface area contributed by atoms with Crippen molar-refractivity contribution in [2.45, 2.75) is 4.90 Å². The molecule has 0 radical (unpaired) electrons. The van der Waals surface area contributed by atoms with Gasteiger partial charge in [0, 0.05) is 12.6 Å². The summed E-state index contributed by atoms with van der Waals surface area (Å²) in [5.74, 6) is 4.49. The Morgan fingerprint density at radius 3 is 2.62 bits per heavy atom. The number of carbonyl (C=O) groups is 1. The lowest BCUT2D eigenvalue weighted by molar-refractivity contribution is 0.0963. The molecule has 0 heterocycles. The molecule has 124 valence electrons. The highest BCUT2D eigenvalue weighted by atomic mass is 32.2. The Labute approximate surface area is 139 Å². The predicted octanol–water partition coefficient (Wildman–Crippen LogP) is 1.52. The number of amides is 1. The quantitative estimate of drug-likeness (QED) is 0.824. The molecule has 0 aromatic heterocycles. The van der Waals surface area contributed by atoms with Crippen LogP contribution in [-0.2, 0) is 10.0 Å². The van der Waals surface area contributed by atoms with Gasteiger partial charge in [0.1, 0.15) is 5.82 Å². The second-order valence-electron chi connectivity index (χ2n) is 4.71.